The molecule has 26 heavy (non-hydrogen) atoms. The molecule has 0 atom stereocenters. The van der Waals surface area contributed by atoms with Crippen molar-refractivity contribution >= 4 is 40.7 Å². The number of para-hydroxylation sites is 1. The minimum Gasteiger partial charge on any atom is -0.478 e. The van der Waals surface area contributed by atoms with E-state index >= 15 is 0 Å². The second-order valence-corrected chi connectivity index (χ2v) is 5.53. The third-order valence-electron chi connectivity index (χ3n) is 3.79. The number of halogens is 4. The first-order chi connectivity index (χ1) is 11.8. The van der Waals surface area contributed by atoms with Crippen LogP contribution in [0.3, 0.4) is 0 Å². The maximum absolute atomic E-state index is 12.9. The van der Waals surface area contributed by atoms with E-state index in [-0.39, 0.29) is 29.3 Å². The fourth-order valence-corrected chi connectivity index (χ4v) is 2.59. The van der Waals surface area contributed by atoms with Gasteiger partial charge < -0.3 is 10.4 Å². The summed E-state index contributed by atoms with van der Waals surface area (Å²) < 4.78 is 38.7. The van der Waals surface area contributed by atoms with E-state index in [1.54, 1.807) is 12.1 Å². The summed E-state index contributed by atoms with van der Waals surface area (Å²) in [4.78, 5) is 15.7. The predicted octanol–water partition coefficient (Wildman–Crippen LogP) is 5.43. The van der Waals surface area contributed by atoms with E-state index in [1.165, 1.54) is 18.3 Å². The zero-order valence-corrected chi connectivity index (χ0v) is 14.3. The van der Waals surface area contributed by atoms with Crippen LogP contribution in [-0.2, 0) is 6.18 Å². The number of aromatic nitrogens is 1. The highest BCUT2D eigenvalue weighted by Gasteiger charge is 2.30. The Bertz CT molecular complexity index is 974. The number of carbonyl (C=O) groups is 1. The SMILES string of the molecule is Cc1cccc2c(Nc3cccc(C(F)(F)F)c3)c(C(=O)O)cnc12.Cl. The fraction of sp³-hybridized carbons (Fsp3) is 0.111. The first-order valence-corrected chi connectivity index (χ1v) is 7.33. The highest BCUT2D eigenvalue weighted by molar-refractivity contribution is 6.06. The number of aromatic carboxylic acids is 1. The third kappa shape index (κ3) is 3.72. The number of anilines is 2. The van der Waals surface area contributed by atoms with Crippen LogP contribution >= 0.6 is 12.4 Å². The van der Waals surface area contributed by atoms with Gasteiger partial charge in [-0.05, 0) is 30.7 Å². The summed E-state index contributed by atoms with van der Waals surface area (Å²) in [5.41, 5.74) is 0.842. The highest BCUT2D eigenvalue weighted by atomic mass is 35.5. The molecule has 0 saturated carbocycles. The molecule has 3 aromatic rings. The van der Waals surface area contributed by atoms with Crippen LogP contribution in [-0.4, -0.2) is 16.1 Å². The number of hydrogen-bond acceptors (Lipinski definition) is 3. The Kier molecular flexibility index (Phi) is 5.41. The number of carboxylic acid groups (broad SMARTS) is 1. The minimum absolute atomic E-state index is 0. The fourth-order valence-electron chi connectivity index (χ4n) is 2.59. The molecule has 0 aliphatic heterocycles. The van der Waals surface area contributed by atoms with Gasteiger partial charge in [0.15, 0.2) is 0 Å². The molecule has 0 radical (unpaired) electrons. The summed E-state index contributed by atoms with van der Waals surface area (Å²) in [6, 6.07) is 9.85. The van der Waals surface area contributed by atoms with E-state index < -0.39 is 17.7 Å². The average Bonchev–Trinajstić information content (AvgIpc) is 2.55. The number of nitrogens with one attached hydrogen (secondary N) is 1. The lowest BCUT2D eigenvalue weighted by Gasteiger charge is -2.15. The van der Waals surface area contributed by atoms with Crippen LogP contribution in [0.1, 0.15) is 21.5 Å². The van der Waals surface area contributed by atoms with Crippen LogP contribution in [0.4, 0.5) is 24.5 Å². The molecule has 8 heteroatoms. The van der Waals surface area contributed by atoms with Gasteiger partial charge >= 0.3 is 12.1 Å². The van der Waals surface area contributed by atoms with Gasteiger partial charge in [-0.2, -0.15) is 13.2 Å². The smallest absolute Gasteiger partial charge is 0.416 e. The summed E-state index contributed by atoms with van der Waals surface area (Å²) in [7, 11) is 0. The zero-order chi connectivity index (χ0) is 18.2. The molecule has 2 aromatic carbocycles. The molecule has 0 saturated heterocycles. The second kappa shape index (κ2) is 7.21. The molecular weight excluding hydrogens is 369 g/mol. The van der Waals surface area contributed by atoms with Crippen molar-refractivity contribution in [3.8, 4) is 0 Å². The first-order valence-electron chi connectivity index (χ1n) is 7.33. The third-order valence-corrected chi connectivity index (χ3v) is 3.79. The summed E-state index contributed by atoms with van der Waals surface area (Å²) in [6.45, 7) is 1.82. The molecule has 3 rings (SSSR count). The summed E-state index contributed by atoms with van der Waals surface area (Å²) >= 11 is 0. The monoisotopic (exact) mass is 382 g/mol. The van der Waals surface area contributed by atoms with Gasteiger partial charge in [-0.15, -0.1) is 12.4 Å². The number of pyridine rings is 1. The molecule has 2 N–H and O–H groups in total. The Morgan fingerprint density at radius 1 is 1.15 bits per heavy atom. The van der Waals surface area contributed by atoms with E-state index in [4.69, 9.17) is 0 Å². The number of aryl methyl sites for hydroxylation is 1. The predicted molar refractivity (Wildman–Crippen MR) is 95.4 cm³/mol. The van der Waals surface area contributed by atoms with Crippen molar-refractivity contribution < 1.29 is 23.1 Å². The average molecular weight is 383 g/mol. The van der Waals surface area contributed by atoms with Crippen molar-refractivity contribution in [1.82, 2.24) is 4.98 Å². The number of fused-ring (bicyclic) bond motifs is 1. The standard InChI is InChI=1S/C18H13F3N2O2.ClH/c1-10-4-2-7-13-15(10)22-9-14(17(24)25)16(13)23-12-6-3-5-11(8-12)18(19,20)21;/h2-9H,1H3,(H,22,23)(H,24,25);1H. The van der Waals surface area contributed by atoms with Gasteiger partial charge in [0.05, 0.1) is 16.8 Å². The Morgan fingerprint density at radius 3 is 2.50 bits per heavy atom. The molecule has 0 aliphatic carbocycles. The number of rotatable bonds is 3. The van der Waals surface area contributed by atoms with Crippen molar-refractivity contribution in [2.24, 2.45) is 0 Å². The molecule has 1 heterocycles. The van der Waals surface area contributed by atoms with E-state index in [0.29, 0.717) is 10.9 Å². The van der Waals surface area contributed by atoms with Crippen LogP contribution in [0.5, 0.6) is 0 Å². The van der Waals surface area contributed by atoms with Crippen molar-refractivity contribution in [2.75, 3.05) is 5.32 Å². The quantitative estimate of drug-likeness (QED) is 0.634. The second-order valence-electron chi connectivity index (χ2n) is 5.53. The van der Waals surface area contributed by atoms with Gasteiger partial charge in [0.1, 0.15) is 5.56 Å². The number of nitrogens with zero attached hydrogens (tertiary/aromatic N) is 1. The lowest BCUT2D eigenvalue weighted by molar-refractivity contribution is -0.137. The minimum atomic E-state index is -4.48. The van der Waals surface area contributed by atoms with E-state index in [0.717, 1.165) is 17.7 Å². The topological polar surface area (TPSA) is 62.2 Å². The van der Waals surface area contributed by atoms with Crippen molar-refractivity contribution in [3.63, 3.8) is 0 Å². The van der Waals surface area contributed by atoms with Crippen molar-refractivity contribution in [3.05, 3.63) is 65.4 Å². The van der Waals surface area contributed by atoms with Crippen LogP contribution in [0.25, 0.3) is 10.9 Å². The lowest BCUT2D eigenvalue weighted by Crippen LogP contribution is -2.07. The normalized spacial score (nSPS) is 11.1. The number of carboxylic acids is 1. The van der Waals surface area contributed by atoms with Crippen LogP contribution in [0, 0.1) is 6.92 Å². The molecule has 0 bridgehead atoms. The number of hydrogen-bond donors (Lipinski definition) is 2. The largest absolute Gasteiger partial charge is 0.478 e. The first kappa shape index (κ1) is 19.5. The highest BCUT2D eigenvalue weighted by Crippen LogP contribution is 2.34. The van der Waals surface area contributed by atoms with Crippen molar-refractivity contribution in [2.45, 2.75) is 13.1 Å². The number of alkyl halides is 3. The Balaban J connectivity index is 0.00000243. The van der Waals surface area contributed by atoms with Crippen LogP contribution in [0.2, 0.25) is 0 Å². The lowest BCUT2D eigenvalue weighted by atomic mass is 10.1. The van der Waals surface area contributed by atoms with Gasteiger partial charge in [-0.25, -0.2) is 4.79 Å². The molecule has 0 aliphatic rings. The van der Waals surface area contributed by atoms with Gasteiger partial charge in [0.2, 0.25) is 0 Å². The Morgan fingerprint density at radius 2 is 1.85 bits per heavy atom. The molecular formula is C18H14ClF3N2O2. The summed E-state index contributed by atoms with van der Waals surface area (Å²) in [5, 5.41) is 12.7. The van der Waals surface area contributed by atoms with E-state index in [9.17, 15) is 23.1 Å². The van der Waals surface area contributed by atoms with Crippen LogP contribution in [0.15, 0.2) is 48.7 Å². The summed E-state index contributed by atoms with van der Waals surface area (Å²) in [6.07, 6.45) is -3.28. The molecule has 1 aromatic heterocycles. The molecule has 0 amide bonds. The maximum Gasteiger partial charge on any atom is 0.416 e. The van der Waals surface area contributed by atoms with Gasteiger partial charge in [-0.3, -0.25) is 4.98 Å². The van der Waals surface area contributed by atoms with Gasteiger partial charge in [-0.1, -0.05) is 24.3 Å². The van der Waals surface area contributed by atoms with E-state index in [1.807, 2.05) is 13.0 Å². The Hall–Kier alpha value is -2.80. The van der Waals surface area contributed by atoms with E-state index in [2.05, 4.69) is 10.3 Å². The van der Waals surface area contributed by atoms with Crippen LogP contribution < -0.4 is 5.32 Å². The van der Waals surface area contributed by atoms with Gasteiger partial charge in [0, 0.05) is 17.3 Å². The molecule has 0 spiro atoms. The molecule has 0 fully saturated rings. The molecule has 4 nitrogen and oxygen atoms in total. The molecule has 0 unspecified atom stereocenters. The molecule has 136 valence electrons. The Labute approximate surface area is 153 Å². The summed E-state index contributed by atoms with van der Waals surface area (Å²) in [5.74, 6) is -1.22. The maximum atomic E-state index is 12.9. The number of benzene rings is 2. The van der Waals surface area contributed by atoms with Gasteiger partial charge in [0.25, 0.3) is 0 Å². The zero-order valence-electron chi connectivity index (χ0n) is 13.5. The van der Waals surface area contributed by atoms with Crippen molar-refractivity contribution in [1.29, 1.82) is 0 Å².